The topological polar surface area (TPSA) is 97.2 Å². The first-order valence-corrected chi connectivity index (χ1v) is 11.0. The van der Waals surface area contributed by atoms with E-state index in [0.29, 0.717) is 30.4 Å². The van der Waals surface area contributed by atoms with E-state index in [1.54, 1.807) is 36.8 Å². The molecule has 1 fully saturated rings. The lowest BCUT2D eigenvalue weighted by molar-refractivity contribution is -0.120. The summed E-state index contributed by atoms with van der Waals surface area (Å²) in [5.74, 6) is -2.51. The number of rotatable bonds is 5. The molecule has 2 aromatic heterocycles. The van der Waals surface area contributed by atoms with E-state index in [2.05, 4.69) is 15.4 Å². The number of sulfonamides is 1. The van der Waals surface area contributed by atoms with Crippen molar-refractivity contribution in [3.05, 3.63) is 66.6 Å². The number of hydrogen-bond donors (Lipinski definition) is 1. The van der Waals surface area contributed by atoms with E-state index < -0.39 is 27.6 Å². The summed E-state index contributed by atoms with van der Waals surface area (Å²) in [6.07, 6.45) is 5.50. The Kier molecular flexibility index (Phi) is 5.79. The summed E-state index contributed by atoms with van der Waals surface area (Å²) in [7, 11) is -3.97. The lowest BCUT2D eigenvalue weighted by Gasteiger charge is -2.30. The van der Waals surface area contributed by atoms with E-state index in [9.17, 15) is 22.0 Å². The number of hydrogen-bond acceptors (Lipinski definition) is 5. The van der Waals surface area contributed by atoms with Gasteiger partial charge in [0.05, 0.1) is 10.6 Å². The second-order valence-electron chi connectivity index (χ2n) is 7.07. The predicted octanol–water partition coefficient (Wildman–Crippen LogP) is 2.58. The van der Waals surface area contributed by atoms with Crippen molar-refractivity contribution in [3.63, 3.8) is 0 Å². The highest BCUT2D eigenvalue weighted by molar-refractivity contribution is 7.89. The fourth-order valence-corrected chi connectivity index (χ4v) is 4.93. The molecule has 4 rings (SSSR count). The van der Waals surface area contributed by atoms with Gasteiger partial charge in [-0.2, -0.15) is 9.40 Å². The Morgan fingerprint density at radius 1 is 1.06 bits per heavy atom. The van der Waals surface area contributed by atoms with Crippen LogP contribution in [-0.4, -0.2) is 46.5 Å². The minimum absolute atomic E-state index is 0.0957. The molecule has 0 bridgehead atoms. The molecule has 1 amide bonds. The van der Waals surface area contributed by atoms with E-state index in [1.165, 1.54) is 8.99 Å². The molecular formula is C20H19F2N5O3S. The van der Waals surface area contributed by atoms with Crippen LogP contribution in [0.4, 0.5) is 14.5 Å². The van der Waals surface area contributed by atoms with Crippen LogP contribution in [0.1, 0.15) is 12.8 Å². The zero-order valence-corrected chi connectivity index (χ0v) is 17.1. The average molecular weight is 447 g/mol. The van der Waals surface area contributed by atoms with Crippen molar-refractivity contribution in [1.29, 1.82) is 0 Å². The van der Waals surface area contributed by atoms with Crippen LogP contribution in [0.15, 0.2) is 59.9 Å². The number of anilines is 1. The fourth-order valence-electron chi connectivity index (χ4n) is 3.45. The Balaban J connectivity index is 1.42. The van der Waals surface area contributed by atoms with Crippen molar-refractivity contribution in [2.75, 3.05) is 18.4 Å². The minimum Gasteiger partial charge on any atom is -0.323 e. The van der Waals surface area contributed by atoms with Crippen LogP contribution < -0.4 is 5.32 Å². The maximum Gasteiger partial charge on any atom is 0.243 e. The van der Waals surface area contributed by atoms with Gasteiger partial charge in [-0.1, -0.05) is 0 Å². The summed E-state index contributed by atoms with van der Waals surface area (Å²) >= 11 is 0. The van der Waals surface area contributed by atoms with E-state index in [-0.39, 0.29) is 23.9 Å². The SMILES string of the molecule is O=C(Nc1cccnc1-n1cccn1)C1CCN(S(=O)(=O)c2ccc(F)c(F)c2)CC1. The van der Waals surface area contributed by atoms with Crippen molar-refractivity contribution in [2.45, 2.75) is 17.7 Å². The Bertz CT molecular complexity index is 1190. The third kappa shape index (κ3) is 4.32. The smallest absolute Gasteiger partial charge is 0.243 e. The standard InChI is InChI=1S/C20H19F2N5O3S/c21-16-5-4-15(13-17(16)22)31(29,30)26-11-6-14(7-12-26)20(28)25-18-3-1-8-23-19(18)27-10-2-9-24-27/h1-5,8-10,13-14H,6-7,11-12H2,(H,25,28). The third-order valence-corrected chi connectivity index (χ3v) is 7.01. The molecule has 0 unspecified atom stereocenters. The summed E-state index contributed by atoms with van der Waals surface area (Å²) in [6, 6.07) is 7.63. The second-order valence-corrected chi connectivity index (χ2v) is 9.01. The van der Waals surface area contributed by atoms with Gasteiger partial charge in [-0.3, -0.25) is 4.79 Å². The molecule has 0 saturated carbocycles. The molecule has 1 N–H and O–H groups in total. The molecule has 0 aliphatic carbocycles. The molecule has 1 aliphatic rings. The van der Waals surface area contributed by atoms with Crippen molar-refractivity contribution < 1.29 is 22.0 Å². The van der Waals surface area contributed by atoms with Gasteiger partial charge >= 0.3 is 0 Å². The summed E-state index contributed by atoms with van der Waals surface area (Å²) in [5, 5.41) is 6.97. The van der Waals surface area contributed by atoms with E-state index >= 15 is 0 Å². The van der Waals surface area contributed by atoms with Crippen LogP contribution in [0.2, 0.25) is 0 Å². The highest BCUT2D eigenvalue weighted by Crippen LogP contribution is 2.26. The van der Waals surface area contributed by atoms with Gasteiger partial charge in [0.2, 0.25) is 15.9 Å². The lowest BCUT2D eigenvalue weighted by Crippen LogP contribution is -2.41. The molecule has 3 aromatic rings. The number of piperidine rings is 1. The van der Waals surface area contributed by atoms with Gasteiger partial charge in [0.15, 0.2) is 17.5 Å². The van der Waals surface area contributed by atoms with Crippen molar-refractivity contribution in [3.8, 4) is 5.82 Å². The molecule has 1 saturated heterocycles. The monoisotopic (exact) mass is 447 g/mol. The fraction of sp³-hybridized carbons (Fsp3) is 0.250. The largest absolute Gasteiger partial charge is 0.323 e. The van der Waals surface area contributed by atoms with E-state index in [4.69, 9.17) is 0 Å². The van der Waals surface area contributed by atoms with Crippen LogP contribution in [0.3, 0.4) is 0 Å². The Morgan fingerprint density at radius 3 is 2.52 bits per heavy atom. The molecule has 0 atom stereocenters. The number of benzene rings is 1. The first-order valence-electron chi connectivity index (χ1n) is 9.57. The quantitative estimate of drug-likeness (QED) is 0.649. The number of amides is 1. The number of nitrogens with zero attached hydrogens (tertiary/aromatic N) is 4. The highest BCUT2D eigenvalue weighted by Gasteiger charge is 2.32. The summed E-state index contributed by atoms with van der Waals surface area (Å²) in [6.45, 7) is 0.191. The molecule has 162 valence electrons. The van der Waals surface area contributed by atoms with Crippen LogP contribution in [0.25, 0.3) is 5.82 Å². The first-order chi connectivity index (χ1) is 14.9. The highest BCUT2D eigenvalue weighted by atomic mass is 32.2. The Hall–Kier alpha value is -3.18. The number of carbonyl (C=O) groups is 1. The maximum absolute atomic E-state index is 13.5. The van der Waals surface area contributed by atoms with Crippen molar-refractivity contribution in [1.82, 2.24) is 19.1 Å². The Labute approximate surface area is 177 Å². The van der Waals surface area contributed by atoms with Gasteiger partial charge in [-0.05, 0) is 49.2 Å². The van der Waals surface area contributed by atoms with Crippen molar-refractivity contribution in [2.24, 2.45) is 5.92 Å². The van der Waals surface area contributed by atoms with Gasteiger partial charge in [0, 0.05) is 37.6 Å². The zero-order valence-electron chi connectivity index (χ0n) is 16.3. The number of pyridine rings is 1. The van der Waals surface area contributed by atoms with E-state index in [0.717, 1.165) is 12.1 Å². The molecule has 1 aliphatic heterocycles. The van der Waals surface area contributed by atoms with Gasteiger partial charge in [-0.15, -0.1) is 0 Å². The van der Waals surface area contributed by atoms with Crippen LogP contribution in [0, 0.1) is 17.6 Å². The number of halogens is 2. The first kappa shape index (κ1) is 21.1. The molecule has 31 heavy (non-hydrogen) atoms. The molecule has 3 heterocycles. The third-order valence-electron chi connectivity index (χ3n) is 5.12. The normalized spacial score (nSPS) is 15.7. The van der Waals surface area contributed by atoms with Crippen LogP contribution >= 0.6 is 0 Å². The zero-order chi connectivity index (χ0) is 22.0. The minimum atomic E-state index is -3.97. The molecule has 0 radical (unpaired) electrons. The number of carbonyl (C=O) groups excluding carboxylic acids is 1. The number of aromatic nitrogens is 3. The second kappa shape index (κ2) is 8.52. The summed E-state index contributed by atoms with van der Waals surface area (Å²) < 4.78 is 54.7. The predicted molar refractivity (Wildman–Crippen MR) is 108 cm³/mol. The summed E-state index contributed by atoms with van der Waals surface area (Å²) in [5.41, 5.74) is 0.494. The summed E-state index contributed by atoms with van der Waals surface area (Å²) in [4.78, 5) is 16.7. The number of nitrogens with one attached hydrogen (secondary N) is 1. The van der Waals surface area contributed by atoms with Crippen molar-refractivity contribution >= 4 is 21.6 Å². The van der Waals surface area contributed by atoms with Crippen LogP contribution in [-0.2, 0) is 14.8 Å². The lowest BCUT2D eigenvalue weighted by atomic mass is 9.97. The molecule has 1 aromatic carbocycles. The van der Waals surface area contributed by atoms with Gasteiger partial charge in [-0.25, -0.2) is 26.9 Å². The Morgan fingerprint density at radius 2 is 1.84 bits per heavy atom. The molecule has 0 spiro atoms. The molecule has 8 nitrogen and oxygen atoms in total. The van der Waals surface area contributed by atoms with Gasteiger partial charge in [0.25, 0.3) is 0 Å². The van der Waals surface area contributed by atoms with E-state index in [1.807, 2.05) is 0 Å². The van der Waals surface area contributed by atoms with Crippen LogP contribution in [0.5, 0.6) is 0 Å². The van der Waals surface area contributed by atoms with Gasteiger partial charge in [0.1, 0.15) is 0 Å². The average Bonchev–Trinajstić information content (AvgIpc) is 3.31. The molecule has 11 heteroatoms. The maximum atomic E-state index is 13.5. The van der Waals surface area contributed by atoms with Gasteiger partial charge < -0.3 is 5.32 Å². The molecular weight excluding hydrogens is 428 g/mol.